The molecule has 0 aliphatic heterocycles. The van der Waals surface area contributed by atoms with Gasteiger partial charge >= 0.3 is 0 Å². The summed E-state index contributed by atoms with van der Waals surface area (Å²) in [6.45, 7) is 0.157. The zero-order valence-electron chi connectivity index (χ0n) is 9.77. The average molecular weight is 297 g/mol. The molecule has 0 unspecified atom stereocenters. The van der Waals surface area contributed by atoms with Crippen molar-refractivity contribution in [3.63, 3.8) is 0 Å². The Bertz CT molecular complexity index is 621. The zero-order chi connectivity index (χ0) is 13.8. The fraction of sp³-hybridized carbons (Fsp3) is 0.0769. The largest absolute Gasteiger partial charge is 0.486 e. The summed E-state index contributed by atoms with van der Waals surface area (Å²) in [7, 11) is 0. The number of pyridine rings is 1. The van der Waals surface area contributed by atoms with Gasteiger partial charge in [-0.15, -0.1) is 0 Å². The van der Waals surface area contributed by atoms with Crippen LogP contribution in [0, 0.1) is 5.82 Å². The number of rotatable bonds is 4. The molecule has 6 heteroatoms. The molecule has 1 aromatic heterocycles. The fourth-order valence-electron chi connectivity index (χ4n) is 1.45. The van der Waals surface area contributed by atoms with Crippen LogP contribution in [-0.2, 0) is 6.61 Å². The molecular formula is C13H10ClFN2OS. The normalized spacial score (nSPS) is 10.2. The number of ether oxygens (including phenoxy) is 1. The summed E-state index contributed by atoms with van der Waals surface area (Å²) in [5.41, 5.74) is 6.61. The highest BCUT2D eigenvalue weighted by atomic mass is 35.5. The number of halogens is 2. The Labute approximate surface area is 120 Å². The second-order valence-corrected chi connectivity index (χ2v) is 4.61. The van der Waals surface area contributed by atoms with Crippen LogP contribution in [0.25, 0.3) is 0 Å². The van der Waals surface area contributed by atoms with Crippen LogP contribution in [0.15, 0.2) is 36.7 Å². The van der Waals surface area contributed by atoms with Crippen LogP contribution in [0.3, 0.4) is 0 Å². The molecular weight excluding hydrogens is 287 g/mol. The second-order valence-electron chi connectivity index (χ2n) is 3.77. The van der Waals surface area contributed by atoms with Crippen molar-refractivity contribution in [2.75, 3.05) is 0 Å². The third-order valence-electron chi connectivity index (χ3n) is 2.46. The first kappa shape index (κ1) is 13.7. The van der Waals surface area contributed by atoms with E-state index in [-0.39, 0.29) is 17.3 Å². The summed E-state index contributed by atoms with van der Waals surface area (Å²) in [4.78, 5) is 4.00. The highest BCUT2D eigenvalue weighted by Crippen LogP contribution is 2.21. The average Bonchev–Trinajstić information content (AvgIpc) is 2.39. The summed E-state index contributed by atoms with van der Waals surface area (Å²) in [5, 5.41) is 0.475. The molecule has 1 aromatic carbocycles. The van der Waals surface area contributed by atoms with Gasteiger partial charge in [0.15, 0.2) is 11.6 Å². The van der Waals surface area contributed by atoms with E-state index in [9.17, 15) is 4.39 Å². The molecule has 0 saturated carbocycles. The summed E-state index contributed by atoms with van der Waals surface area (Å²) < 4.78 is 19.1. The first-order valence-electron chi connectivity index (χ1n) is 5.38. The van der Waals surface area contributed by atoms with E-state index in [0.717, 1.165) is 5.56 Å². The predicted octanol–water partition coefficient (Wildman–Crippen LogP) is 3.09. The molecule has 0 radical (unpaired) electrons. The van der Waals surface area contributed by atoms with E-state index in [0.29, 0.717) is 10.6 Å². The van der Waals surface area contributed by atoms with Gasteiger partial charge < -0.3 is 10.5 Å². The van der Waals surface area contributed by atoms with E-state index in [4.69, 9.17) is 34.3 Å². The van der Waals surface area contributed by atoms with Gasteiger partial charge in [0.1, 0.15) is 11.6 Å². The van der Waals surface area contributed by atoms with Crippen molar-refractivity contribution in [1.82, 2.24) is 4.98 Å². The van der Waals surface area contributed by atoms with E-state index in [1.807, 2.05) is 0 Å². The van der Waals surface area contributed by atoms with E-state index >= 15 is 0 Å². The van der Waals surface area contributed by atoms with Crippen molar-refractivity contribution in [2.24, 2.45) is 5.73 Å². The standard InChI is InChI=1S/C13H10ClFN2OS/c14-10-6-17-4-3-9(10)7-18-12-2-1-8(13(16)19)5-11(12)15/h1-6H,7H2,(H2,16,19). The Kier molecular flexibility index (Phi) is 4.29. The lowest BCUT2D eigenvalue weighted by Gasteiger charge is -2.09. The van der Waals surface area contributed by atoms with Crippen LogP contribution in [-0.4, -0.2) is 9.97 Å². The first-order valence-corrected chi connectivity index (χ1v) is 6.17. The van der Waals surface area contributed by atoms with Gasteiger partial charge in [0.2, 0.25) is 0 Å². The minimum Gasteiger partial charge on any atom is -0.486 e. The highest BCUT2D eigenvalue weighted by molar-refractivity contribution is 7.80. The van der Waals surface area contributed by atoms with Gasteiger partial charge in [-0.1, -0.05) is 23.8 Å². The van der Waals surface area contributed by atoms with Gasteiger partial charge in [-0.3, -0.25) is 4.98 Å². The number of hydrogen-bond acceptors (Lipinski definition) is 3. The lowest BCUT2D eigenvalue weighted by atomic mass is 10.2. The molecule has 2 N–H and O–H groups in total. The van der Waals surface area contributed by atoms with Crippen molar-refractivity contribution >= 4 is 28.8 Å². The van der Waals surface area contributed by atoms with Crippen LogP contribution < -0.4 is 10.5 Å². The van der Waals surface area contributed by atoms with Crippen LogP contribution in [0.4, 0.5) is 4.39 Å². The Balaban J connectivity index is 2.12. The maximum atomic E-state index is 13.7. The van der Waals surface area contributed by atoms with E-state index in [1.165, 1.54) is 18.3 Å². The van der Waals surface area contributed by atoms with Crippen LogP contribution in [0.2, 0.25) is 5.02 Å². The van der Waals surface area contributed by atoms with Crippen LogP contribution in [0.5, 0.6) is 5.75 Å². The third-order valence-corrected chi connectivity index (χ3v) is 3.03. The Hall–Kier alpha value is -1.72. The molecule has 98 valence electrons. The van der Waals surface area contributed by atoms with E-state index in [2.05, 4.69) is 4.98 Å². The molecule has 0 aliphatic rings. The molecule has 2 aromatic rings. The van der Waals surface area contributed by atoms with Crippen molar-refractivity contribution < 1.29 is 9.13 Å². The molecule has 0 amide bonds. The fourth-order valence-corrected chi connectivity index (χ4v) is 1.75. The van der Waals surface area contributed by atoms with Crippen molar-refractivity contribution in [3.05, 3.63) is 58.6 Å². The Morgan fingerprint density at radius 3 is 2.84 bits per heavy atom. The second kappa shape index (κ2) is 5.95. The highest BCUT2D eigenvalue weighted by Gasteiger charge is 2.07. The van der Waals surface area contributed by atoms with Gasteiger partial charge in [-0.05, 0) is 24.3 Å². The third kappa shape index (κ3) is 3.39. The molecule has 0 bridgehead atoms. The zero-order valence-corrected chi connectivity index (χ0v) is 11.3. The van der Waals surface area contributed by atoms with Crippen LogP contribution in [0.1, 0.15) is 11.1 Å². The van der Waals surface area contributed by atoms with Gasteiger partial charge in [0.05, 0.1) is 5.02 Å². The van der Waals surface area contributed by atoms with Gasteiger partial charge in [0, 0.05) is 23.5 Å². The first-order chi connectivity index (χ1) is 9.08. The molecule has 19 heavy (non-hydrogen) atoms. The summed E-state index contributed by atoms with van der Waals surface area (Å²) in [6, 6.07) is 6.04. The number of nitrogens with zero attached hydrogens (tertiary/aromatic N) is 1. The van der Waals surface area contributed by atoms with Crippen molar-refractivity contribution in [3.8, 4) is 5.75 Å². The quantitative estimate of drug-likeness (QED) is 0.881. The lowest BCUT2D eigenvalue weighted by Crippen LogP contribution is -2.09. The number of aromatic nitrogens is 1. The maximum Gasteiger partial charge on any atom is 0.165 e. The number of nitrogens with two attached hydrogens (primary N) is 1. The molecule has 0 fully saturated rings. The monoisotopic (exact) mass is 296 g/mol. The van der Waals surface area contributed by atoms with Gasteiger partial charge in [-0.2, -0.15) is 0 Å². The van der Waals surface area contributed by atoms with E-state index in [1.54, 1.807) is 18.3 Å². The number of benzene rings is 1. The summed E-state index contributed by atoms with van der Waals surface area (Å²) >= 11 is 10.7. The molecule has 0 aliphatic carbocycles. The SMILES string of the molecule is NC(=S)c1ccc(OCc2ccncc2Cl)c(F)c1. The maximum absolute atomic E-state index is 13.7. The smallest absolute Gasteiger partial charge is 0.165 e. The van der Waals surface area contributed by atoms with Crippen LogP contribution >= 0.6 is 23.8 Å². The van der Waals surface area contributed by atoms with Gasteiger partial charge in [0.25, 0.3) is 0 Å². The number of hydrogen-bond donors (Lipinski definition) is 1. The van der Waals surface area contributed by atoms with E-state index < -0.39 is 5.82 Å². The molecule has 2 rings (SSSR count). The lowest BCUT2D eigenvalue weighted by molar-refractivity contribution is 0.290. The molecule has 1 heterocycles. The summed E-state index contributed by atoms with van der Waals surface area (Å²) in [5.74, 6) is -0.400. The molecule has 0 saturated heterocycles. The molecule has 3 nitrogen and oxygen atoms in total. The predicted molar refractivity (Wildman–Crippen MR) is 75.9 cm³/mol. The van der Waals surface area contributed by atoms with Crippen molar-refractivity contribution in [1.29, 1.82) is 0 Å². The Morgan fingerprint density at radius 1 is 1.42 bits per heavy atom. The van der Waals surface area contributed by atoms with Crippen molar-refractivity contribution in [2.45, 2.75) is 6.61 Å². The minimum atomic E-state index is -0.518. The molecule has 0 atom stereocenters. The Morgan fingerprint density at radius 2 is 2.21 bits per heavy atom. The van der Waals surface area contributed by atoms with Gasteiger partial charge in [-0.25, -0.2) is 4.39 Å². The summed E-state index contributed by atoms with van der Waals surface area (Å²) in [6.07, 6.45) is 3.10. The topological polar surface area (TPSA) is 48.1 Å². The number of thiocarbonyl (C=S) groups is 1. The minimum absolute atomic E-state index is 0.118. The molecule has 0 spiro atoms.